The van der Waals surface area contributed by atoms with Crippen molar-refractivity contribution in [2.24, 2.45) is 0 Å². The molecule has 1 N–H and O–H groups in total. The summed E-state index contributed by atoms with van der Waals surface area (Å²) in [7, 11) is 0. The second-order valence-corrected chi connectivity index (χ2v) is 9.79. The van der Waals surface area contributed by atoms with Gasteiger partial charge < -0.3 is 5.32 Å². The number of carbonyl (C=O) groups is 1. The number of likely N-dealkylation sites (tertiary alicyclic amines) is 1. The molecule has 36 heavy (non-hydrogen) atoms. The van der Waals surface area contributed by atoms with Crippen molar-refractivity contribution in [2.45, 2.75) is 90.4 Å². The molecule has 198 valence electrons. The van der Waals surface area contributed by atoms with Gasteiger partial charge in [-0.25, -0.2) is 0 Å². The van der Waals surface area contributed by atoms with Crippen LogP contribution in [0.5, 0.6) is 0 Å². The number of hydrogen-bond acceptors (Lipinski definition) is 4. The van der Waals surface area contributed by atoms with Crippen molar-refractivity contribution in [1.82, 2.24) is 25.0 Å². The molecule has 0 radical (unpaired) electrons. The highest BCUT2D eigenvalue weighted by atomic mass is 19.4. The summed E-state index contributed by atoms with van der Waals surface area (Å²) in [6, 6.07) is 9.38. The fourth-order valence-electron chi connectivity index (χ4n) is 4.82. The first-order valence-electron chi connectivity index (χ1n) is 12.9. The second kappa shape index (κ2) is 12.5. The van der Waals surface area contributed by atoms with E-state index >= 15 is 0 Å². The number of amides is 1. The van der Waals surface area contributed by atoms with Crippen LogP contribution in [0.25, 0.3) is 5.70 Å². The Morgan fingerprint density at radius 2 is 1.94 bits per heavy atom. The summed E-state index contributed by atoms with van der Waals surface area (Å²) < 4.78 is 40.0. The largest absolute Gasteiger partial charge is 0.389 e. The monoisotopic (exact) mass is 505 g/mol. The van der Waals surface area contributed by atoms with Crippen molar-refractivity contribution >= 4 is 11.6 Å². The van der Waals surface area contributed by atoms with Crippen LogP contribution in [-0.4, -0.2) is 50.9 Å². The standard InChI is InChI=1S/C27H38F3N5O/c1-5-22(35-20(4)32-33-26(35)19(2)3)18-23-12-9-16-34(23)17-14-24(21-10-7-6-8-11-21)31-25(36)13-15-27(28,29)30/h6-8,10-11,18-19,23-24H,5,9,12-17H2,1-4H3,(H,31,36)/b22-18+/t23?,24-/m0/s1. The van der Waals surface area contributed by atoms with Gasteiger partial charge in [0.1, 0.15) is 11.6 Å². The summed E-state index contributed by atoms with van der Waals surface area (Å²) in [5, 5.41) is 11.5. The molecule has 0 bridgehead atoms. The number of nitrogens with zero attached hydrogens (tertiary/aromatic N) is 4. The van der Waals surface area contributed by atoms with Crippen LogP contribution in [-0.2, 0) is 4.79 Å². The highest BCUT2D eigenvalue weighted by molar-refractivity contribution is 5.76. The fraction of sp³-hybridized carbons (Fsp3) is 0.593. The molecule has 1 saturated heterocycles. The molecule has 6 nitrogen and oxygen atoms in total. The van der Waals surface area contributed by atoms with E-state index in [2.05, 4.69) is 51.8 Å². The van der Waals surface area contributed by atoms with Gasteiger partial charge >= 0.3 is 6.18 Å². The maximum absolute atomic E-state index is 12.6. The molecule has 1 fully saturated rings. The van der Waals surface area contributed by atoms with Crippen molar-refractivity contribution in [3.8, 4) is 0 Å². The highest BCUT2D eigenvalue weighted by Gasteiger charge is 2.29. The summed E-state index contributed by atoms with van der Waals surface area (Å²) in [6.07, 6.45) is -0.113. The lowest BCUT2D eigenvalue weighted by Gasteiger charge is -2.27. The van der Waals surface area contributed by atoms with Gasteiger partial charge in [0, 0.05) is 30.6 Å². The van der Waals surface area contributed by atoms with Gasteiger partial charge in [-0.15, -0.1) is 10.2 Å². The Morgan fingerprint density at radius 1 is 1.22 bits per heavy atom. The van der Waals surface area contributed by atoms with Crippen LogP contribution in [0.2, 0.25) is 0 Å². The van der Waals surface area contributed by atoms with E-state index in [0.717, 1.165) is 49.6 Å². The number of nitrogens with one attached hydrogen (secondary N) is 1. The van der Waals surface area contributed by atoms with Crippen LogP contribution in [0.1, 0.15) is 88.5 Å². The Bertz CT molecular complexity index is 1020. The van der Waals surface area contributed by atoms with Gasteiger partial charge in [-0.2, -0.15) is 13.2 Å². The van der Waals surface area contributed by atoms with Crippen LogP contribution in [0.4, 0.5) is 13.2 Å². The third-order valence-corrected chi connectivity index (χ3v) is 6.69. The lowest BCUT2D eigenvalue weighted by Crippen LogP contribution is -2.35. The van der Waals surface area contributed by atoms with Gasteiger partial charge in [0.25, 0.3) is 0 Å². The van der Waals surface area contributed by atoms with Crippen molar-refractivity contribution in [3.63, 3.8) is 0 Å². The molecule has 2 atom stereocenters. The van der Waals surface area contributed by atoms with Gasteiger partial charge in [-0.05, 0) is 50.8 Å². The van der Waals surface area contributed by atoms with E-state index in [0.29, 0.717) is 6.42 Å². The summed E-state index contributed by atoms with van der Waals surface area (Å²) in [6.45, 7) is 10.0. The molecule has 1 aliphatic rings. The first-order valence-corrected chi connectivity index (χ1v) is 12.9. The molecule has 1 unspecified atom stereocenters. The average Bonchev–Trinajstić information content (AvgIpc) is 3.45. The number of alkyl halides is 3. The Kier molecular flexibility index (Phi) is 9.70. The van der Waals surface area contributed by atoms with E-state index in [1.807, 2.05) is 37.3 Å². The van der Waals surface area contributed by atoms with Crippen LogP contribution < -0.4 is 5.32 Å². The number of benzene rings is 1. The zero-order chi connectivity index (χ0) is 26.3. The normalized spacial score (nSPS) is 18.1. The molecule has 0 saturated carbocycles. The van der Waals surface area contributed by atoms with Crippen LogP contribution in [0.3, 0.4) is 0 Å². The summed E-state index contributed by atoms with van der Waals surface area (Å²) in [4.78, 5) is 14.7. The minimum Gasteiger partial charge on any atom is -0.349 e. The molecular weight excluding hydrogens is 467 g/mol. The lowest BCUT2D eigenvalue weighted by atomic mass is 10.0. The topological polar surface area (TPSA) is 63.1 Å². The first kappa shape index (κ1) is 27.9. The SMILES string of the molecule is CC/C(=C\C1CCCN1CC[C@H](NC(=O)CCC(F)(F)F)c1ccccc1)n1c(C)nnc1C(C)C. The predicted molar refractivity (Wildman–Crippen MR) is 135 cm³/mol. The number of halogens is 3. The van der Waals surface area contributed by atoms with Gasteiger partial charge in [-0.1, -0.05) is 51.1 Å². The molecule has 3 rings (SSSR count). The van der Waals surface area contributed by atoms with Crippen molar-refractivity contribution in [1.29, 1.82) is 0 Å². The van der Waals surface area contributed by atoms with E-state index in [1.54, 1.807) is 0 Å². The molecule has 1 aromatic heterocycles. The van der Waals surface area contributed by atoms with E-state index < -0.39 is 24.9 Å². The zero-order valence-electron chi connectivity index (χ0n) is 21.7. The summed E-state index contributed by atoms with van der Waals surface area (Å²) in [5.74, 6) is 1.52. The molecule has 2 aromatic rings. The zero-order valence-corrected chi connectivity index (χ0v) is 21.7. The Balaban J connectivity index is 1.72. The molecular formula is C27H38F3N5O. The number of aromatic nitrogens is 3. The minimum atomic E-state index is -4.34. The number of hydrogen-bond donors (Lipinski definition) is 1. The molecule has 1 aromatic carbocycles. The van der Waals surface area contributed by atoms with Gasteiger partial charge in [0.2, 0.25) is 5.91 Å². The quantitative estimate of drug-likeness (QED) is 0.406. The molecule has 9 heteroatoms. The van der Waals surface area contributed by atoms with Gasteiger partial charge in [0.15, 0.2) is 0 Å². The Labute approximate surface area is 212 Å². The van der Waals surface area contributed by atoms with Crippen LogP contribution in [0, 0.1) is 6.92 Å². The van der Waals surface area contributed by atoms with Crippen molar-refractivity contribution in [2.75, 3.05) is 13.1 Å². The summed E-state index contributed by atoms with van der Waals surface area (Å²) >= 11 is 0. The van der Waals surface area contributed by atoms with E-state index in [1.165, 1.54) is 5.70 Å². The van der Waals surface area contributed by atoms with Crippen LogP contribution in [0.15, 0.2) is 36.4 Å². The Hall–Kier alpha value is -2.68. The van der Waals surface area contributed by atoms with E-state index in [4.69, 9.17) is 0 Å². The first-order chi connectivity index (χ1) is 17.1. The maximum atomic E-state index is 12.6. The number of carbonyl (C=O) groups excluding carboxylic acids is 1. The third kappa shape index (κ3) is 7.66. The van der Waals surface area contributed by atoms with Crippen LogP contribution >= 0.6 is 0 Å². The predicted octanol–water partition coefficient (Wildman–Crippen LogP) is 6.02. The lowest BCUT2D eigenvalue weighted by molar-refractivity contribution is -0.144. The van der Waals surface area contributed by atoms with E-state index in [9.17, 15) is 18.0 Å². The number of allylic oxidation sites excluding steroid dienone is 1. The smallest absolute Gasteiger partial charge is 0.349 e. The Morgan fingerprint density at radius 3 is 2.58 bits per heavy atom. The molecule has 2 heterocycles. The number of aryl methyl sites for hydroxylation is 1. The number of rotatable bonds is 11. The molecule has 1 amide bonds. The van der Waals surface area contributed by atoms with Gasteiger partial charge in [-0.3, -0.25) is 14.3 Å². The second-order valence-electron chi connectivity index (χ2n) is 9.79. The maximum Gasteiger partial charge on any atom is 0.389 e. The third-order valence-electron chi connectivity index (χ3n) is 6.69. The average molecular weight is 506 g/mol. The van der Waals surface area contributed by atoms with Gasteiger partial charge in [0.05, 0.1) is 12.5 Å². The van der Waals surface area contributed by atoms with Crippen molar-refractivity contribution in [3.05, 3.63) is 53.6 Å². The highest BCUT2D eigenvalue weighted by Crippen LogP contribution is 2.27. The molecule has 0 aliphatic carbocycles. The fourth-order valence-corrected chi connectivity index (χ4v) is 4.82. The van der Waals surface area contributed by atoms with E-state index in [-0.39, 0.29) is 18.0 Å². The molecule has 0 spiro atoms. The minimum absolute atomic E-state index is 0.249. The van der Waals surface area contributed by atoms with Crippen molar-refractivity contribution < 1.29 is 18.0 Å². The molecule has 1 aliphatic heterocycles. The summed E-state index contributed by atoms with van der Waals surface area (Å²) in [5.41, 5.74) is 2.08.